The summed E-state index contributed by atoms with van der Waals surface area (Å²) >= 11 is 0.868. The van der Waals surface area contributed by atoms with Gasteiger partial charge in [0.2, 0.25) is 0 Å². The van der Waals surface area contributed by atoms with Crippen molar-refractivity contribution in [3.8, 4) is 0 Å². The van der Waals surface area contributed by atoms with Crippen LogP contribution in [0.1, 0.15) is 27.3 Å². The van der Waals surface area contributed by atoms with Gasteiger partial charge in [-0.1, -0.05) is 18.2 Å². The molecule has 1 aliphatic rings. The van der Waals surface area contributed by atoms with Gasteiger partial charge in [-0.2, -0.15) is 0 Å². The Morgan fingerprint density at radius 3 is 2.54 bits per heavy atom. The van der Waals surface area contributed by atoms with E-state index in [9.17, 15) is 14.4 Å². The van der Waals surface area contributed by atoms with E-state index in [4.69, 9.17) is 0 Å². The van der Waals surface area contributed by atoms with Crippen molar-refractivity contribution in [3.05, 3.63) is 63.8 Å². The first kappa shape index (κ1) is 16.1. The minimum Gasteiger partial charge on any atom is -0.282 e. The molecule has 6 nitrogen and oxygen atoms in total. The van der Waals surface area contributed by atoms with Crippen LogP contribution < -0.4 is 10.7 Å². The van der Waals surface area contributed by atoms with Crippen molar-refractivity contribution in [2.45, 2.75) is 13.8 Å². The number of aryl methyl sites for hydroxylation is 1. The molecule has 1 aliphatic heterocycles. The Morgan fingerprint density at radius 2 is 1.92 bits per heavy atom. The molecular formula is C17H15N3O3S. The van der Waals surface area contributed by atoms with Gasteiger partial charge in [0.05, 0.1) is 4.91 Å². The maximum absolute atomic E-state index is 12.3. The Hall–Kier alpha value is -2.80. The monoisotopic (exact) mass is 341 g/mol. The van der Waals surface area contributed by atoms with Gasteiger partial charge < -0.3 is 0 Å². The molecule has 1 saturated heterocycles. The standard InChI is InChI=1S/C17H15N3O3S/c1-10-8-13(9-14-16(22)18-17(23)24-14)11(2)20(10)19-15(21)12-6-4-3-5-7-12/h3-9H,1-2H3,(H,19,21)(H,18,22,23)/b14-9+. The molecule has 1 aromatic heterocycles. The molecule has 24 heavy (non-hydrogen) atoms. The molecule has 0 spiro atoms. The van der Waals surface area contributed by atoms with Gasteiger partial charge >= 0.3 is 0 Å². The topological polar surface area (TPSA) is 80.2 Å². The van der Waals surface area contributed by atoms with Gasteiger partial charge in [-0.3, -0.25) is 29.8 Å². The highest BCUT2D eigenvalue weighted by Gasteiger charge is 2.25. The van der Waals surface area contributed by atoms with Crippen molar-refractivity contribution < 1.29 is 14.4 Å². The smallest absolute Gasteiger partial charge is 0.282 e. The summed E-state index contributed by atoms with van der Waals surface area (Å²) in [4.78, 5) is 35.5. The fraction of sp³-hybridized carbons (Fsp3) is 0.118. The molecule has 0 aliphatic carbocycles. The first-order valence-corrected chi connectivity index (χ1v) is 8.07. The molecule has 122 valence electrons. The summed E-state index contributed by atoms with van der Waals surface area (Å²) in [7, 11) is 0. The molecule has 0 bridgehead atoms. The summed E-state index contributed by atoms with van der Waals surface area (Å²) in [6.45, 7) is 3.69. The molecule has 1 aromatic carbocycles. The summed E-state index contributed by atoms with van der Waals surface area (Å²) in [5.74, 6) is -0.622. The zero-order chi connectivity index (χ0) is 17.3. The zero-order valence-electron chi connectivity index (χ0n) is 13.1. The Morgan fingerprint density at radius 1 is 1.21 bits per heavy atom. The van der Waals surface area contributed by atoms with Crippen molar-refractivity contribution in [1.29, 1.82) is 0 Å². The fourth-order valence-corrected chi connectivity index (χ4v) is 3.10. The number of hydrogen-bond acceptors (Lipinski definition) is 4. The Balaban J connectivity index is 1.87. The van der Waals surface area contributed by atoms with Gasteiger partial charge in [-0.05, 0) is 55.4 Å². The molecule has 7 heteroatoms. The largest absolute Gasteiger partial charge is 0.290 e. The van der Waals surface area contributed by atoms with E-state index in [0.29, 0.717) is 10.5 Å². The number of thioether (sulfide) groups is 1. The van der Waals surface area contributed by atoms with Crippen molar-refractivity contribution in [3.63, 3.8) is 0 Å². The van der Waals surface area contributed by atoms with Crippen LogP contribution in [0.3, 0.4) is 0 Å². The lowest BCUT2D eigenvalue weighted by molar-refractivity contribution is -0.115. The molecule has 3 amide bonds. The molecule has 1 fully saturated rings. The molecule has 2 heterocycles. The minimum atomic E-state index is -0.400. The van der Waals surface area contributed by atoms with Crippen LogP contribution in [-0.2, 0) is 4.79 Å². The van der Waals surface area contributed by atoms with Gasteiger partial charge in [0.1, 0.15) is 0 Å². The number of aromatic nitrogens is 1. The summed E-state index contributed by atoms with van der Waals surface area (Å²) < 4.78 is 1.67. The van der Waals surface area contributed by atoms with Crippen LogP contribution in [0, 0.1) is 13.8 Å². The molecule has 0 unspecified atom stereocenters. The predicted octanol–water partition coefficient (Wildman–Crippen LogP) is 2.81. The first-order valence-electron chi connectivity index (χ1n) is 7.26. The lowest BCUT2D eigenvalue weighted by Gasteiger charge is -2.11. The van der Waals surface area contributed by atoms with Crippen molar-refractivity contribution >= 4 is 34.9 Å². The summed E-state index contributed by atoms with van der Waals surface area (Å²) in [6, 6.07) is 10.8. The third kappa shape index (κ3) is 3.11. The average molecular weight is 341 g/mol. The van der Waals surface area contributed by atoms with Crippen LogP contribution in [0.4, 0.5) is 4.79 Å². The van der Waals surface area contributed by atoms with Crippen molar-refractivity contribution in [2.24, 2.45) is 0 Å². The lowest BCUT2D eigenvalue weighted by atomic mass is 10.2. The Labute approximate surface area is 142 Å². The van der Waals surface area contributed by atoms with Crippen molar-refractivity contribution in [2.75, 3.05) is 5.43 Å². The zero-order valence-corrected chi connectivity index (χ0v) is 13.9. The molecule has 0 saturated carbocycles. The number of carbonyl (C=O) groups is 3. The number of nitrogens with one attached hydrogen (secondary N) is 2. The number of amides is 3. The van der Waals surface area contributed by atoms with Crippen LogP contribution in [0.25, 0.3) is 6.08 Å². The van der Waals surface area contributed by atoms with E-state index in [-0.39, 0.29) is 11.1 Å². The lowest BCUT2D eigenvalue weighted by Crippen LogP contribution is -2.24. The number of carbonyl (C=O) groups excluding carboxylic acids is 3. The van der Waals surface area contributed by atoms with E-state index in [1.165, 1.54) is 0 Å². The van der Waals surface area contributed by atoms with Gasteiger partial charge in [-0.25, -0.2) is 0 Å². The van der Waals surface area contributed by atoms with Crippen LogP contribution in [0.15, 0.2) is 41.3 Å². The molecular weight excluding hydrogens is 326 g/mol. The Bertz CT molecular complexity index is 869. The maximum Gasteiger partial charge on any atom is 0.290 e. The minimum absolute atomic E-state index is 0.222. The number of rotatable bonds is 3. The van der Waals surface area contributed by atoms with Gasteiger partial charge in [0.25, 0.3) is 17.1 Å². The normalized spacial score (nSPS) is 15.7. The quantitative estimate of drug-likeness (QED) is 0.841. The van der Waals surface area contributed by atoms with Gasteiger partial charge in [-0.15, -0.1) is 0 Å². The summed E-state index contributed by atoms with van der Waals surface area (Å²) in [5.41, 5.74) is 5.76. The van der Waals surface area contributed by atoms with E-state index >= 15 is 0 Å². The van der Waals surface area contributed by atoms with E-state index in [1.807, 2.05) is 26.0 Å². The third-order valence-corrected chi connectivity index (χ3v) is 4.46. The Kier molecular flexibility index (Phi) is 4.26. The number of benzene rings is 1. The summed E-state index contributed by atoms with van der Waals surface area (Å²) in [5, 5.41) is 1.84. The van der Waals surface area contributed by atoms with Gasteiger partial charge in [0, 0.05) is 17.0 Å². The number of hydrogen-bond donors (Lipinski definition) is 2. The molecule has 0 radical (unpaired) electrons. The number of nitrogens with zero attached hydrogens (tertiary/aromatic N) is 1. The average Bonchev–Trinajstić information content (AvgIpc) is 3.01. The van der Waals surface area contributed by atoms with E-state index in [2.05, 4.69) is 10.7 Å². The summed E-state index contributed by atoms with van der Waals surface area (Å²) in [6.07, 6.45) is 1.65. The van der Waals surface area contributed by atoms with E-state index in [1.54, 1.807) is 35.0 Å². The second kappa shape index (κ2) is 6.37. The third-order valence-electron chi connectivity index (χ3n) is 3.65. The van der Waals surface area contributed by atoms with E-state index < -0.39 is 5.91 Å². The molecule has 2 aromatic rings. The highest BCUT2D eigenvalue weighted by molar-refractivity contribution is 8.18. The van der Waals surface area contributed by atoms with E-state index in [0.717, 1.165) is 28.7 Å². The highest BCUT2D eigenvalue weighted by Crippen LogP contribution is 2.27. The van der Waals surface area contributed by atoms with Gasteiger partial charge in [0.15, 0.2) is 0 Å². The molecule has 3 rings (SSSR count). The van der Waals surface area contributed by atoms with Crippen LogP contribution >= 0.6 is 11.8 Å². The second-order valence-electron chi connectivity index (χ2n) is 5.32. The predicted molar refractivity (Wildman–Crippen MR) is 93.1 cm³/mol. The van der Waals surface area contributed by atoms with Crippen molar-refractivity contribution in [1.82, 2.24) is 9.99 Å². The van der Waals surface area contributed by atoms with Crippen LogP contribution in [0.5, 0.6) is 0 Å². The highest BCUT2D eigenvalue weighted by atomic mass is 32.2. The number of imide groups is 1. The van der Waals surface area contributed by atoms with Crippen LogP contribution in [-0.4, -0.2) is 21.7 Å². The van der Waals surface area contributed by atoms with Crippen LogP contribution in [0.2, 0.25) is 0 Å². The second-order valence-corrected chi connectivity index (χ2v) is 6.34. The first-order chi connectivity index (χ1) is 11.5. The SMILES string of the molecule is Cc1cc(/C=C2/SC(=O)NC2=O)c(C)n1NC(=O)c1ccccc1. The fourth-order valence-electron chi connectivity index (χ4n) is 2.42. The molecule has 2 N–H and O–H groups in total. The molecule has 0 atom stereocenters. The maximum atomic E-state index is 12.3.